The van der Waals surface area contributed by atoms with E-state index in [9.17, 15) is 4.79 Å². The second-order valence-electron chi connectivity index (χ2n) is 5.60. The molecule has 1 amide bonds. The van der Waals surface area contributed by atoms with Crippen LogP contribution in [0.1, 0.15) is 10.4 Å². The van der Waals surface area contributed by atoms with Gasteiger partial charge >= 0.3 is 0 Å². The molecule has 25 heavy (non-hydrogen) atoms. The van der Waals surface area contributed by atoms with Crippen LogP contribution in [0.2, 0.25) is 0 Å². The van der Waals surface area contributed by atoms with Gasteiger partial charge in [-0.3, -0.25) is 14.8 Å². The molecule has 0 saturated heterocycles. The molecule has 0 aliphatic heterocycles. The van der Waals surface area contributed by atoms with Crippen LogP contribution in [0.15, 0.2) is 73.2 Å². The number of hydrogen-bond donors (Lipinski definition) is 1. The summed E-state index contributed by atoms with van der Waals surface area (Å²) in [5.41, 5.74) is 11.1. The predicted molar refractivity (Wildman–Crippen MR) is 96.7 cm³/mol. The van der Waals surface area contributed by atoms with E-state index in [0.717, 1.165) is 33.4 Å². The summed E-state index contributed by atoms with van der Waals surface area (Å²) in [5, 5.41) is 0. The fraction of sp³-hybridized carbons (Fsp3) is 0. The van der Waals surface area contributed by atoms with Crippen LogP contribution in [-0.4, -0.2) is 20.9 Å². The second kappa shape index (κ2) is 6.13. The first kappa shape index (κ1) is 15.0. The van der Waals surface area contributed by atoms with Crippen molar-refractivity contribution < 1.29 is 4.79 Å². The summed E-state index contributed by atoms with van der Waals surface area (Å²) in [5.74, 6) is -0.457. The molecular weight excluding hydrogens is 312 g/mol. The van der Waals surface area contributed by atoms with Crippen LogP contribution in [0.5, 0.6) is 0 Å². The van der Waals surface area contributed by atoms with Gasteiger partial charge in [0.25, 0.3) is 0 Å². The molecule has 0 saturated carbocycles. The third kappa shape index (κ3) is 2.83. The lowest BCUT2D eigenvalue weighted by atomic mass is 10.0. The van der Waals surface area contributed by atoms with Gasteiger partial charge in [0.2, 0.25) is 5.91 Å². The highest BCUT2D eigenvalue weighted by Crippen LogP contribution is 2.28. The molecule has 5 nitrogen and oxygen atoms in total. The van der Waals surface area contributed by atoms with Crippen molar-refractivity contribution in [2.75, 3.05) is 0 Å². The van der Waals surface area contributed by atoms with Gasteiger partial charge in [0.15, 0.2) is 0 Å². The van der Waals surface area contributed by atoms with E-state index in [0.29, 0.717) is 5.56 Å². The molecule has 0 aliphatic carbocycles. The lowest BCUT2D eigenvalue weighted by molar-refractivity contribution is 0.100. The first-order valence-corrected chi connectivity index (χ1v) is 7.79. The maximum absolute atomic E-state index is 11.4. The molecule has 1 aromatic carbocycles. The van der Waals surface area contributed by atoms with Crippen LogP contribution < -0.4 is 5.73 Å². The molecule has 2 N–H and O–H groups in total. The van der Waals surface area contributed by atoms with E-state index < -0.39 is 5.91 Å². The van der Waals surface area contributed by atoms with Crippen molar-refractivity contribution in [1.82, 2.24) is 15.0 Å². The van der Waals surface area contributed by atoms with Gasteiger partial charge in [-0.05, 0) is 48.0 Å². The minimum atomic E-state index is -0.457. The first-order valence-electron chi connectivity index (χ1n) is 7.79. The number of amides is 1. The Labute approximate surface area is 144 Å². The number of aromatic nitrogens is 3. The van der Waals surface area contributed by atoms with E-state index in [2.05, 4.69) is 9.97 Å². The van der Waals surface area contributed by atoms with Crippen LogP contribution >= 0.6 is 0 Å². The van der Waals surface area contributed by atoms with Crippen LogP contribution in [0, 0.1) is 0 Å². The number of benzene rings is 1. The zero-order chi connectivity index (χ0) is 17.2. The zero-order valence-electron chi connectivity index (χ0n) is 13.3. The van der Waals surface area contributed by atoms with E-state index in [1.807, 2.05) is 36.4 Å². The average Bonchev–Trinajstić information content (AvgIpc) is 2.68. The molecule has 0 bridgehead atoms. The Morgan fingerprint density at radius 3 is 2.52 bits per heavy atom. The largest absolute Gasteiger partial charge is 0.366 e. The summed E-state index contributed by atoms with van der Waals surface area (Å²) in [4.78, 5) is 24.7. The summed E-state index contributed by atoms with van der Waals surface area (Å²) in [6, 6.07) is 16.8. The lowest BCUT2D eigenvalue weighted by Crippen LogP contribution is -2.10. The number of carbonyl (C=O) groups excluding carboxylic acids is 1. The predicted octanol–water partition coefficient (Wildman–Crippen LogP) is 3.46. The Hall–Kier alpha value is -3.60. The van der Waals surface area contributed by atoms with Crippen molar-refractivity contribution in [2.24, 2.45) is 5.73 Å². The van der Waals surface area contributed by atoms with Gasteiger partial charge in [0, 0.05) is 35.3 Å². The number of nitrogens with zero attached hydrogens (tertiary/aromatic N) is 3. The molecule has 0 fully saturated rings. The van der Waals surface area contributed by atoms with Gasteiger partial charge in [-0.25, -0.2) is 4.98 Å². The molecule has 4 rings (SSSR count). The molecule has 4 aromatic rings. The summed E-state index contributed by atoms with van der Waals surface area (Å²) >= 11 is 0. The number of rotatable bonds is 3. The Bertz CT molecular complexity index is 1080. The van der Waals surface area contributed by atoms with Crippen LogP contribution in [0.4, 0.5) is 0 Å². The van der Waals surface area contributed by atoms with Gasteiger partial charge in [0.1, 0.15) is 0 Å². The lowest BCUT2D eigenvalue weighted by Gasteiger charge is -2.08. The van der Waals surface area contributed by atoms with Crippen molar-refractivity contribution in [3.05, 3.63) is 78.8 Å². The van der Waals surface area contributed by atoms with Crippen LogP contribution in [0.3, 0.4) is 0 Å². The molecule has 5 heteroatoms. The third-order valence-corrected chi connectivity index (χ3v) is 4.02. The quantitative estimate of drug-likeness (QED) is 0.625. The number of hydrogen-bond acceptors (Lipinski definition) is 4. The summed E-state index contributed by atoms with van der Waals surface area (Å²) in [6.45, 7) is 0. The molecule has 3 aromatic heterocycles. The fourth-order valence-electron chi connectivity index (χ4n) is 2.78. The van der Waals surface area contributed by atoms with E-state index in [-0.39, 0.29) is 0 Å². The van der Waals surface area contributed by atoms with E-state index in [1.165, 1.54) is 0 Å². The second-order valence-corrected chi connectivity index (χ2v) is 5.60. The number of primary amides is 1. The minimum Gasteiger partial charge on any atom is -0.366 e. The highest BCUT2D eigenvalue weighted by molar-refractivity contribution is 5.95. The van der Waals surface area contributed by atoms with Gasteiger partial charge in [-0.15, -0.1) is 0 Å². The first-order chi connectivity index (χ1) is 12.2. The van der Waals surface area contributed by atoms with Gasteiger partial charge in [-0.2, -0.15) is 0 Å². The summed E-state index contributed by atoms with van der Waals surface area (Å²) in [7, 11) is 0. The van der Waals surface area contributed by atoms with Crippen molar-refractivity contribution in [2.45, 2.75) is 0 Å². The fourth-order valence-corrected chi connectivity index (χ4v) is 2.78. The molecule has 0 atom stereocenters. The highest BCUT2D eigenvalue weighted by Gasteiger charge is 2.09. The van der Waals surface area contributed by atoms with Gasteiger partial charge in [-0.1, -0.05) is 12.1 Å². The number of fused-ring (bicyclic) bond motifs is 1. The Morgan fingerprint density at radius 1 is 0.880 bits per heavy atom. The number of nitrogens with two attached hydrogens (primary N) is 1. The molecule has 3 heterocycles. The summed E-state index contributed by atoms with van der Waals surface area (Å²) in [6.07, 6.45) is 5.27. The standard InChI is InChI=1S/C20H14N4O/c21-20(25)15-3-1-2-14(12-15)17-4-5-18-19(24-17)16(8-11-23-18)13-6-9-22-10-7-13/h1-12H,(H2,21,25). The van der Waals surface area contributed by atoms with Gasteiger partial charge in [0.05, 0.1) is 16.7 Å². The average molecular weight is 326 g/mol. The molecule has 0 radical (unpaired) electrons. The van der Waals surface area contributed by atoms with E-state index in [4.69, 9.17) is 10.7 Å². The summed E-state index contributed by atoms with van der Waals surface area (Å²) < 4.78 is 0. The van der Waals surface area contributed by atoms with Crippen molar-refractivity contribution in [3.63, 3.8) is 0 Å². The Balaban J connectivity index is 1.90. The number of pyridine rings is 3. The molecular formula is C20H14N4O. The van der Waals surface area contributed by atoms with Crippen molar-refractivity contribution in [1.29, 1.82) is 0 Å². The van der Waals surface area contributed by atoms with E-state index >= 15 is 0 Å². The van der Waals surface area contributed by atoms with E-state index in [1.54, 1.807) is 36.8 Å². The van der Waals surface area contributed by atoms with Crippen molar-refractivity contribution in [3.8, 4) is 22.4 Å². The Kier molecular flexibility index (Phi) is 3.67. The smallest absolute Gasteiger partial charge is 0.248 e. The molecule has 0 spiro atoms. The maximum atomic E-state index is 11.4. The number of carbonyl (C=O) groups is 1. The normalized spacial score (nSPS) is 10.7. The molecule has 0 unspecified atom stereocenters. The Morgan fingerprint density at radius 2 is 1.72 bits per heavy atom. The SMILES string of the molecule is NC(=O)c1cccc(-c2ccc3nccc(-c4ccncc4)c3n2)c1. The monoisotopic (exact) mass is 326 g/mol. The minimum absolute atomic E-state index is 0.457. The van der Waals surface area contributed by atoms with Gasteiger partial charge < -0.3 is 5.73 Å². The maximum Gasteiger partial charge on any atom is 0.248 e. The molecule has 120 valence electrons. The van der Waals surface area contributed by atoms with Crippen LogP contribution in [0.25, 0.3) is 33.4 Å². The highest BCUT2D eigenvalue weighted by atomic mass is 16.1. The third-order valence-electron chi connectivity index (χ3n) is 4.02. The zero-order valence-corrected chi connectivity index (χ0v) is 13.3. The molecule has 0 aliphatic rings. The van der Waals surface area contributed by atoms with Crippen LogP contribution in [-0.2, 0) is 0 Å². The van der Waals surface area contributed by atoms with Crippen molar-refractivity contribution >= 4 is 16.9 Å². The topological polar surface area (TPSA) is 81.8 Å².